The first-order chi connectivity index (χ1) is 15.3. The van der Waals surface area contributed by atoms with E-state index in [1.807, 2.05) is 44.2 Å². The molecule has 0 bridgehead atoms. The minimum Gasteiger partial charge on any atom is -0.507 e. The molecule has 1 fully saturated rings. The zero-order valence-electron chi connectivity index (χ0n) is 19.1. The standard InChI is InChI=1S/C26H31NO5/c1-17(2)16-32-21-12-10-20(11-13-21)24(28)22-23(19-8-6-5-7-9-19)27(26(30)25(22)29)14-15-31-18(3)4/h5-13,17-18,23,28H,14-16H2,1-4H3/b24-22-. The minimum absolute atomic E-state index is 0.0124. The largest absolute Gasteiger partial charge is 0.507 e. The number of carbonyl (C=O) groups excluding carboxylic acids is 2. The molecule has 1 atom stereocenters. The lowest BCUT2D eigenvalue weighted by Crippen LogP contribution is -2.33. The normalized spacial score (nSPS) is 18.1. The second kappa shape index (κ2) is 10.5. The fourth-order valence-electron chi connectivity index (χ4n) is 3.61. The molecule has 1 aliphatic heterocycles. The Balaban J connectivity index is 1.96. The Morgan fingerprint density at radius 3 is 2.25 bits per heavy atom. The first-order valence-corrected chi connectivity index (χ1v) is 11.0. The minimum atomic E-state index is -0.693. The van der Waals surface area contributed by atoms with E-state index in [2.05, 4.69) is 13.8 Å². The maximum Gasteiger partial charge on any atom is 0.295 e. The molecule has 1 aliphatic rings. The van der Waals surface area contributed by atoms with Gasteiger partial charge in [0.25, 0.3) is 11.7 Å². The van der Waals surface area contributed by atoms with E-state index < -0.39 is 17.7 Å². The molecule has 6 heteroatoms. The number of aliphatic hydroxyl groups excluding tert-OH is 1. The third-order valence-corrected chi connectivity index (χ3v) is 5.15. The maximum absolute atomic E-state index is 13.0. The van der Waals surface area contributed by atoms with Crippen LogP contribution < -0.4 is 4.74 Å². The molecular formula is C26H31NO5. The van der Waals surface area contributed by atoms with Crippen molar-refractivity contribution in [1.82, 2.24) is 4.90 Å². The van der Waals surface area contributed by atoms with Gasteiger partial charge in [-0.3, -0.25) is 9.59 Å². The van der Waals surface area contributed by atoms with Gasteiger partial charge in [0.15, 0.2) is 0 Å². The van der Waals surface area contributed by atoms with Gasteiger partial charge in [0, 0.05) is 12.1 Å². The average molecular weight is 438 g/mol. The number of Topliss-reactive ketones (excluding diaryl/α,β-unsaturated/α-hetero) is 1. The Bertz CT molecular complexity index is 963. The van der Waals surface area contributed by atoms with E-state index in [9.17, 15) is 14.7 Å². The van der Waals surface area contributed by atoms with Crippen molar-refractivity contribution in [3.63, 3.8) is 0 Å². The summed E-state index contributed by atoms with van der Waals surface area (Å²) < 4.78 is 11.3. The quantitative estimate of drug-likeness (QED) is 0.353. The third kappa shape index (κ3) is 5.37. The van der Waals surface area contributed by atoms with Gasteiger partial charge < -0.3 is 19.5 Å². The smallest absolute Gasteiger partial charge is 0.295 e. The molecule has 32 heavy (non-hydrogen) atoms. The molecular weight excluding hydrogens is 406 g/mol. The van der Waals surface area contributed by atoms with E-state index in [4.69, 9.17) is 9.47 Å². The van der Waals surface area contributed by atoms with Crippen LogP contribution in [0.3, 0.4) is 0 Å². The molecule has 170 valence electrons. The summed E-state index contributed by atoms with van der Waals surface area (Å²) in [6, 6.07) is 15.5. The van der Waals surface area contributed by atoms with Crippen LogP contribution >= 0.6 is 0 Å². The van der Waals surface area contributed by atoms with Crippen molar-refractivity contribution in [3.8, 4) is 5.75 Å². The molecule has 2 aromatic carbocycles. The maximum atomic E-state index is 13.0. The predicted octanol–water partition coefficient (Wildman–Crippen LogP) is 4.57. The average Bonchev–Trinajstić information content (AvgIpc) is 3.03. The van der Waals surface area contributed by atoms with Gasteiger partial charge in [-0.25, -0.2) is 0 Å². The first kappa shape index (κ1) is 23.5. The van der Waals surface area contributed by atoms with Gasteiger partial charge in [0.05, 0.1) is 30.9 Å². The summed E-state index contributed by atoms with van der Waals surface area (Å²) in [7, 11) is 0. The highest BCUT2D eigenvalue weighted by atomic mass is 16.5. The van der Waals surface area contributed by atoms with Crippen LogP contribution in [0, 0.1) is 5.92 Å². The molecule has 1 saturated heterocycles. The fourth-order valence-corrected chi connectivity index (χ4v) is 3.61. The highest BCUT2D eigenvalue weighted by Gasteiger charge is 2.45. The Hall–Kier alpha value is -3.12. The second-order valence-corrected chi connectivity index (χ2v) is 8.55. The van der Waals surface area contributed by atoms with Gasteiger partial charge in [-0.2, -0.15) is 0 Å². The Morgan fingerprint density at radius 1 is 1.00 bits per heavy atom. The van der Waals surface area contributed by atoms with Crippen LogP contribution in [0.4, 0.5) is 0 Å². The molecule has 0 aliphatic carbocycles. The van der Waals surface area contributed by atoms with Crippen LogP contribution in [0.2, 0.25) is 0 Å². The topological polar surface area (TPSA) is 76.1 Å². The van der Waals surface area contributed by atoms with E-state index >= 15 is 0 Å². The number of rotatable bonds is 9. The summed E-state index contributed by atoms with van der Waals surface area (Å²) in [5.74, 6) is -0.448. The lowest BCUT2D eigenvalue weighted by atomic mass is 9.95. The summed E-state index contributed by atoms with van der Waals surface area (Å²) in [5, 5.41) is 11.1. The number of hydrogen-bond acceptors (Lipinski definition) is 5. The van der Waals surface area contributed by atoms with E-state index in [-0.39, 0.29) is 24.0 Å². The molecule has 0 aromatic heterocycles. The fraction of sp³-hybridized carbons (Fsp3) is 0.385. The summed E-state index contributed by atoms with van der Waals surface area (Å²) in [4.78, 5) is 27.3. The first-order valence-electron chi connectivity index (χ1n) is 11.0. The number of hydrogen-bond donors (Lipinski definition) is 1. The van der Waals surface area contributed by atoms with Crippen molar-refractivity contribution in [2.24, 2.45) is 5.92 Å². The lowest BCUT2D eigenvalue weighted by Gasteiger charge is -2.25. The van der Waals surface area contributed by atoms with Gasteiger partial charge in [0.1, 0.15) is 11.5 Å². The molecule has 0 saturated carbocycles. The molecule has 1 heterocycles. The van der Waals surface area contributed by atoms with Gasteiger partial charge >= 0.3 is 0 Å². The molecule has 6 nitrogen and oxygen atoms in total. The number of ketones is 1. The van der Waals surface area contributed by atoms with Crippen LogP contribution in [0.5, 0.6) is 5.75 Å². The third-order valence-electron chi connectivity index (χ3n) is 5.15. The number of carbonyl (C=O) groups is 2. The molecule has 2 aromatic rings. The molecule has 1 unspecified atom stereocenters. The van der Waals surface area contributed by atoms with Crippen molar-refractivity contribution >= 4 is 17.4 Å². The molecule has 0 spiro atoms. The van der Waals surface area contributed by atoms with Crippen LogP contribution in [0.15, 0.2) is 60.2 Å². The van der Waals surface area contributed by atoms with Gasteiger partial charge in [-0.15, -0.1) is 0 Å². The number of aliphatic hydroxyl groups is 1. The SMILES string of the molecule is CC(C)COc1ccc(/C(O)=C2/C(=O)C(=O)N(CCOC(C)C)C2c2ccccc2)cc1. The number of likely N-dealkylation sites (tertiary alicyclic amines) is 1. The number of ether oxygens (including phenoxy) is 2. The zero-order valence-corrected chi connectivity index (χ0v) is 19.1. The summed E-state index contributed by atoms with van der Waals surface area (Å²) in [6.07, 6.45) is 0.0124. The van der Waals surface area contributed by atoms with Crippen molar-refractivity contribution in [2.45, 2.75) is 39.8 Å². The van der Waals surface area contributed by atoms with E-state index in [1.54, 1.807) is 24.3 Å². The number of nitrogens with zero attached hydrogens (tertiary/aromatic N) is 1. The molecule has 1 amide bonds. The number of benzene rings is 2. The van der Waals surface area contributed by atoms with E-state index in [0.717, 1.165) is 5.56 Å². The van der Waals surface area contributed by atoms with Crippen LogP contribution in [0.1, 0.15) is 44.9 Å². The Morgan fingerprint density at radius 2 is 1.66 bits per heavy atom. The monoisotopic (exact) mass is 437 g/mol. The summed E-state index contributed by atoms with van der Waals surface area (Å²) >= 11 is 0. The molecule has 0 radical (unpaired) electrons. The van der Waals surface area contributed by atoms with Crippen molar-refractivity contribution in [3.05, 3.63) is 71.3 Å². The lowest BCUT2D eigenvalue weighted by molar-refractivity contribution is -0.140. The van der Waals surface area contributed by atoms with E-state index in [1.165, 1.54) is 4.90 Å². The van der Waals surface area contributed by atoms with Crippen LogP contribution in [-0.4, -0.2) is 47.6 Å². The van der Waals surface area contributed by atoms with Gasteiger partial charge in [0.2, 0.25) is 0 Å². The highest BCUT2D eigenvalue weighted by Crippen LogP contribution is 2.39. The highest BCUT2D eigenvalue weighted by molar-refractivity contribution is 6.46. The van der Waals surface area contributed by atoms with Gasteiger partial charge in [-0.1, -0.05) is 44.2 Å². The van der Waals surface area contributed by atoms with Crippen molar-refractivity contribution < 1.29 is 24.2 Å². The van der Waals surface area contributed by atoms with Crippen LogP contribution in [-0.2, 0) is 14.3 Å². The van der Waals surface area contributed by atoms with Crippen LogP contribution in [0.25, 0.3) is 5.76 Å². The van der Waals surface area contributed by atoms with Gasteiger partial charge in [-0.05, 0) is 49.6 Å². The predicted molar refractivity (Wildman–Crippen MR) is 123 cm³/mol. The number of amides is 1. The Kier molecular flexibility index (Phi) is 7.70. The summed E-state index contributed by atoms with van der Waals surface area (Å²) in [5.41, 5.74) is 1.30. The zero-order chi connectivity index (χ0) is 23.3. The Labute approximate surface area is 189 Å². The van der Waals surface area contributed by atoms with Crippen molar-refractivity contribution in [2.75, 3.05) is 19.8 Å². The summed E-state index contributed by atoms with van der Waals surface area (Å²) in [6.45, 7) is 9.10. The second-order valence-electron chi connectivity index (χ2n) is 8.55. The molecule has 1 N–H and O–H groups in total. The van der Waals surface area contributed by atoms with E-state index in [0.29, 0.717) is 30.4 Å². The molecule has 3 rings (SSSR count). The van der Waals surface area contributed by atoms with Crippen molar-refractivity contribution in [1.29, 1.82) is 0 Å².